The first-order chi connectivity index (χ1) is 9.69. The molecule has 1 atom stereocenters. The number of rotatable bonds is 3. The second-order valence-corrected chi connectivity index (χ2v) is 5.25. The Morgan fingerprint density at radius 2 is 2.35 bits per heavy atom. The first kappa shape index (κ1) is 15.2. The summed E-state index contributed by atoms with van der Waals surface area (Å²) in [4.78, 5) is 2.26. The van der Waals surface area contributed by atoms with Gasteiger partial charge in [-0.2, -0.15) is 0 Å². The van der Waals surface area contributed by atoms with Crippen LogP contribution in [0.2, 0.25) is 0 Å². The summed E-state index contributed by atoms with van der Waals surface area (Å²) in [5.41, 5.74) is 2.09. The van der Waals surface area contributed by atoms with E-state index in [-0.39, 0.29) is 6.10 Å². The average molecular weight is 294 g/mol. The van der Waals surface area contributed by atoms with Crippen molar-refractivity contribution >= 4 is 11.6 Å². The fourth-order valence-electron chi connectivity index (χ4n) is 2.15. The maximum atomic E-state index is 5.81. The Morgan fingerprint density at radius 3 is 3.05 bits per heavy atom. The van der Waals surface area contributed by atoms with E-state index in [1.54, 1.807) is 0 Å². The third-order valence-electron chi connectivity index (χ3n) is 3.27. The van der Waals surface area contributed by atoms with Gasteiger partial charge in [0, 0.05) is 18.7 Å². The molecule has 1 heterocycles. The Labute approximate surface area is 125 Å². The van der Waals surface area contributed by atoms with Crippen LogP contribution in [0.25, 0.3) is 0 Å². The number of ether oxygens (including phenoxy) is 2. The topological polar surface area (TPSA) is 21.7 Å². The van der Waals surface area contributed by atoms with Crippen LogP contribution in [0.5, 0.6) is 5.75 Å². The molecule has 1 aromatic rings. The molecule has 0 radical (unpaired) electrons. The van der Waals surface area contributed by atoms with Crippen LogP contribution in [0.3, 0.4) is 0 Å². The predicted octanol–water partition coefficient (Wildman–Crippen LogP) is 2.29. The van der Waals surface area contributed by atoms with Crippen LogP contribution in [0.15, 0.2) is 18.2 Å². The van der Waals surface area contributed by atoms with Gasteiger partial charge in [-0.15, -0.1) is 11.6 Å². The van der Waals surface area contributed by atoms with Crippen molar-refractivity contribution in [2.24, 2.45) is 0 Å². The number of aryl methyl sites for hydroxylation is 1. The molecule has 4 heteroatoms. The van der Waals surface area contributed by atoms with Gasteiger partial charge in [0.05, 0.1) is 12.5 Å². The summed E-state index contributed by atoms with van der Waals surface area (Å²) in [5, 5.41) is 0. The lowest BCUT2D eigenvalue weighted by molar-refractivity contribution is -0.0403. The number of benzene rings is 1. The first-order valence-electron chi connectivity index (χ1n) is 6.77. The van der Waals surface area contributed by atoms with E-state index in [0.29, 0.717) is 12.5 Å². The molecule has 0 spiro atoms. The SMILES string of the molecule is Cc1cc(OCC2CN(C)CCO2)ccc1C#CCCl. The van der Waals surface area contributed by atoms with Crippen LogP contribution in [0.4, 0.5) is 0 Å². The summed E-state index contributed by atoms with van der Waals surface area (Å²) < 4.78 is 11.5. The van der Waals surface area contributed by atoms with Gasteiger partial charge in [-0.25, -0.2) is 0 Å². The third kappa shape index (κ3) is 4.42. The fourth-order valence-corrected chi connectivity index (χ4v) is 2.22. The summed E-state index contributed by atoms with van der Waals surface area (Å²) in [6.45, 7) is 5.28. The van der Waals surface area contributed by atoms with E-state index < -0.39 is 0 Å². The second-order valence-electron chi connectivity index (χ2n) is 4.98. The lowest BCUT2D eigenvalue weighted by Gasteiger charge is -2.29. The minimum absolute atomic E-state index is 0.143. The van der Waals surface area contributed by atoms with E-state index in [1.165, 1.54) is 0 Å². The van der Waals surface area contributed by atoms with Crippen LogP contribution in [-0.2, 0) is 4.74 Å². The monoisotopic (exact) mass is 293 g/mol. The van der Waals surface area contributed by atoms with Gasteiger partial charge in [-0.3, -0.25) is 0 Å². The average Bonchev–Trinajstić information content (AvgIpc) is 2.44. The maximum absolute atomic E-state index is 5.81. The number of likely N-dealkylation sites (N-methyl/N-ethyl adjacent to an activating group) is 1. The largest absolute Gasteiger partial charge is 0.491 e. The molecule has 0 bridgehead atoms. The lowest BCUT2D eigenvalue weighted by atomic mass is 10.1. The van der Waals surface area contributed by atoms with Crippen LogP contribution in [0.1, 0.15) is 11.1 Å². The normalized spacial score (nSPS) is 19.2. The zero-order valence-electron chi connectivity index (χ0n) is 12.0. The zero-order valence-corrected chi connectivity index (χ0v) is 12.7. The molecule has 0 aliphatic carbocycles. The van der Waals surface area contributed by atoms with Gasteiger partial charge in [0.2, 0.25) is 0 Å². The number of morpholine rings is 1. The van der Waals surface area contributed by atoms with Crippen molar-refractivity contribution in [1.82, 2.24) is 4.90 Å². The van der Waals surface area contributed by atoms with Gasteiger partial charge < -0.3 is 14.4 Å². The van der Waals surface area contributed by atoms with Gasteiger partial charge in [0.25, 0.3) is 0 Å². The lowest BCUT2D eigenvalue weighted by Crippen LogP contribution is -2.42. The van der Waals surface area contributed by atoms with Crippen LogP contribution in [-0.4, -0.2) is 50.2 Å². The molecule has 1 aliphatic heterocycles. The van der Waals surface area contributed by atoms with Crippen molar-refractivity contribution < 1.29 is 9.47 Å². The molecule has 1 saturated heterocycles. The molecule has 0 saturated carbocycles. The van der Waals surface area contributed by atoms with E-state index >= 15 is 0 Å². The van der Waals surface area contributed by atoms with E-state index in [4.69, 9.17) is 21.1 Å². The number of hydrogen-bond acceptors (Lipinski definition) is 3. The highest BCUT2D eigenvalue weighted by atomic mass is 35.5. The molecule has 0 N–H and O–H groups in total. The molecular formula is C16H20ClNO2. The molecule has 0 aromatic heterocycles. The molecule has 0 amide bonds. The van der Waals surface area contributed by atoms with E-state index in [1.807, 2.05) is 25.1 Å². The second kappa shape index (κ2) is 7.54. The molecule has 1 aromatic carbocycles. The minimum Gasteiger partial charge on any atom is -0.491 e. The van der Waals surface area contributed by atoms with Crippen molar-refractivity contribution in [1.29, 1.82) is 0 Å². The van der Waals surface area contributed by atoms with Gasteiger partial charge in [0.1, 0.15) is 18.5 Å². The van der Waals surface area contributed by atoms with Crippen molar-refractivity contribution in [2.75, 3.05) is 39.2 Å². The molecular weight excluding hydrogens is 274 g/mol. The minimum atomic E-state index is 0.143. The van der Waals surface area contributed by atoms with E-state index in [0.717, 1.165) is 36.6 Å². The third-order valence-corrected chi connectivity index (χ3v) is 3.40. The zero-order chi connectivity index (χ0) is 14.4. The molecule has 1 aliphatic rings. The molecule has 20 heavy (non-hydrogen) atoms. The Balaban J connectivity index is 1.91. The Morgan fingerprint density at radius 1 is 1.50 bits per heavy atom. The maximum Gasteiger partial charge on any atom is 0.119 e. The fraction of sp³-hybridized carbons (Fsp3) is 0.500. The van der Waals surface area contributed by atoms with Crippen molar-refractivity contribution in [3.05, 3.63) is 29.3 Å². The highest BCUT2D eigenvalue weighted by Crippen LogP contribution is 2.17. The number of hydrogen-bond donors (Lipinski definition) is 0. The summed E-state index contributed by atoms with van der Waals surface area (Å²) in [6.07, 6.45) is 0.143. The quantitative estimate of drug-likeness (QED) is 0.630. The van der Waals surface area contributed by atoms with Gasteiger partial charge in [-0.05, 0) is 37.7 Å². The first-order valence-corrected chi connectivity index (χ1v) is 7.31. The van der Waals surface area contributed by atoms with Gasteiger partial charge >= 0.3 is 0 Å². The Bertz CT molecular complexity index is 507. The van der Waals surface area contributed by atoms with Crippen LogP contribution >= 0.6 is 11.6 Å². The molecule has 1 unspecified atom stereocenters. The van der Waals surface area contributed by atoms with E-state index in [9.17, 15) is 0 Å². The number of alkyl halides is 1. The number of nitrogens with zero attached hydrogens (tertiary/aromatic N) is 1. The predicted molar refractivity (Wildman–Crippen MR) is 81.5 cm³/mol. The van der Waals surface area contributed by atoms with Crippen molar-refractivity contribution in [3.63, 3.8) is 0 Å². The van der Waals surface area contributed by atoms with E-state index in [2.05, 4.69) is 23.8 Å². The van der Waals surface area contributed by atoms with Crippen molar-refractivity contribution in [2.45, 2.75) is 13.0 Å². The molecule has 3 nitrogen and oxygen atoms in total. The standard InChI is InChI=1S/C16H20ClNO2/c1-13-10-15(6-5-14(13)4-3-7-17)20-12-16-11-18(2)8-9-19-16/h5-6,10,16H,7-9,11-12H2,1-2H3. The summed E-state index contributed by atoms with van der Waals surface area (Å²) in [6, 6.07) is 5.92. The smallest absolute Gasteiger partial charge is 0.119 e. The van der Waals surface area contributed by atoms with Crippen molar-refractivity contribution in [3.8, 4) is 17.6 Å². The summed E-state index contributed by atoms with van der Waals surface area (Å²) >= 11 is 5.57. The molecule has 108 valence electrons. The number of halogens is 1. The van der Waals surface area contributed by atoms with Gasteiger partial charge in [0.15, 0.2) is 0 Å². The Hall–Kier alpha value is -1.21. The highest BCUT2D eigenvalue weighted by molar-refractivity contribution is 6.19. The molecule has 2 rings (SSSR count). The summed E-state index contributed by atoms with van der Waals surface area (Å²) in [5.74, 6) is 7.10. The molecule has 1 fully saturated rings. The highest BCUT2D eigenvalue weighted by Gasteiger charge is 2.18. The Kier molecular flexibility index (Phi) is 5.72. The van der Waals surface area contributed by atoms with Crippen LogP contribution < -0.4 is 4.74 Å². The van der Waals surface area contributed by atoms with Gasteiger partial charge in [-0.1, -0.05) is 11.8 Å². The summed E-state index contributed by atoms with van der Waals surface area (Å²) in [7, 11) is 2.10. The van der Waals surface area contributed by atoms with Crippen LogP contribution in [0, 0.1) is 18.8 Å².